The first-order valence-corrected chi connectivity index (χ1v) is 5.94. The van der Waals surface area contributed by atoms with E-state index in [4.69, 9.17) is 11.6 Å². The molecule has 0 amide bonds. The van der Waals surface area contributed by atoms with Gasteiger partial charge in [0.2, 0.25) is 0 Å². The van der Waals surface area contributed by atoms with Gasteiger partial charge in [-0.3, -0.25) is 4.79 Å². The maximum absolute atomic E-state index is 13.3. The highest BCUT2D eigenvalue weighted by Gasteiger charge is 2.16. The van der Waals surface area contributed by atoms with Crippen LogP contribution in [0.4, 0.5) is 4.39 Å². The molecule has 0 N–H and O–H groups in total. The highest BCUT2D eigenvalue weighted by atomic mass is 35.5. The van der Waals surface area contributed by atoms with E-state index in [1.807, 2.05) is 26.0 Å². The Morgan fingerprint density at radius 1 is 1.11 bits per heavy atom. The van der Waals surface area contributed by atoms with Gasteiger partial charge in [-0.1, -0.05) is 41.4 Å². The van der Waals surface area contributed by atoms with Gasteiger partial charge in [-0.2, -0.15) is 0 Å². The van der Waals surface area contributed by atoms with Gasteiger partial charge in [-0.05, 0) is 31.5 Å². The lowest BCUT2D eigenvalue weighted by Crippen LogP contribution is -2.05. The lowest BCUT2D eigenvalue weighted by Gasteiger charge is -2.08. The van der Waals surface area contributed by atoms with Crippen molar-refractivity contribution < 1.29 is 9.18 Å². The highest BCUT2D eigenvalue weighted by Crippen LogP contribution is 2.24. The zero-order valence-electron chi connectivity index (χ0n) is 10.1. The van der Waals surface area contributed by atoms with Crippen molar-refractivity contribution in [3.8, 4) is 0 Å². The van der Waals surface area contributed by atoms with Crippen LogP contribution < -0.4 is 0 Å². The van der Waals surface area contributed by atoms with Crippen LogP contribution in [0.3, 0.4) is 0 Å². The van der Waals surface area contributed by atoms with Crippen LogP contribution >= 0.6 is 11.6 Å². The molecule has 0 atom stereocenters. The molecule has 0 heterocycles. The third kappa shape index (κ3) is 2.29. The summed E-state index contributed by atoms with van der Waals surface area (Å²) in [5.41, 5.74) is 2.69. The van der Waals surface area contributed by atoms with Crippen LogP contribution in [-0.2, 0) is 0 Å². The van der Waals surface area contributed by atoms with Crippen LogP contribution in [0, 0.1) is 19.7 Å². The maximum Gasteiger partial charge on any atom is 0.194 e. The van der Waals surface area contributed by atoms with Crippen molar-refractivity contribution in [2.45, 2.75) is 13.8 Å². The quantitative estimate of drug-likeness (QED) is 0.737. The Morgan fingerprint density at radius 3 is 2.50 bits per heavy atom. The summed E-state index contributed by atoms with van der Waals surface area (Å²) < 4.78 is 13.3. The molecule has 0 aliphatic carbocycles. The van der Waals surface area contributed by atoms with Gasteiger partial charge in [0, 0.05) is 11.1 Å². The summed E-state index contributed by atoms with van der Waals surface area (Å²) in [7, 11) is 0. The number of hydrogen-bond donors (Lipinski definition) is 0. The van der Waals surface area contributed by atoms with Crippen molar-refractivity contribution in [1.29, 1.82) is 0 Å². The van der Waals surface area contributed by atoms with Crippen molar-refractivity contribution in [2.24, 2.45) is 0 Å². The largest absolute Gasteiger partial charge is 0.289 e. The molecule has 0 fully saturated rings. The molecule has 92 valence electrons. The van der Waals surface area contributed by atoms with E-state index >= 15 is 0 Å². The number of carbonyl (C=O) groups is 1. The summed E-state index contributed by atoms with van der Waals surface area (Å²) in [5, 5.41) is -0.123. The molecule has 0 aliphatic rings. The van der Waals surface area contributed by atoms with Gasteiger partial charge in [0.15, 0.2) is 5.78 Å². The number of hydrogen-bond acceptors (Lipinski definition) is 1. The van der Waals surface area contributed by atoms with Gasteiger partial charge in [-0.15, -0.1) is 0 Å². The summed E-state index contributed by atoms with van der Waals surface area (Å²) >= 11 is 5.83. The van der Waals surface area contributed by atoms with Crippen LogP contribution in [-0.4, -0.2) is 5.78 Å². The predicted molar refractivity (Wildman–Crippen MR) is 70.8 cm³/mol. The summed E-state index contributed by atoms with van der Waals surface area (Å²) in [6.45, 7) is 3.81. The predicted octanol–water partition coefficient (Wildman–Crippen LogP) is 4.33. The number of carbonyl (C=O) groups excluding carboxylic acids is 1. The normalized spacial score (nSPS) is 10.4. The van der Waals surface area contributed by atoms with E-state index in [-0.39, 0.29) is 16.4 Å². The minimum absolute atomic E-state index is 0.123. The summed E-state index contributed by atoms with van der Waals surface area (Å²) in [4.78, 5) is 12.3. The molecule has 0 spiro atoms. The Balaban J connectivity index is 2.51. The fraction of sp³-hybridized carbons (Fsp3) is 0.133. The van der Waals surface area contributed by atoms with Crippen LogP contribution in [0.25, 0.3) is 0 Å². The summed E-state index contributed by atoms with van der Waals surface area (Å²) in [5.74, 6) is -0.829. The Kier molecular flexibility index (Phi) is 3.48. The zero-order valence-corrected chi connectivity index (χ0v) is 10.9. The molecule has 0 saturated carbocycles. The molecule has 0 aromatic heterocycles. The monoisotopic (exact) mass is 262 g/mol. The van der Waals surface area contributed by atoms with Crippen LogP contribution in [0.1, 0.15) is 27.0 Å². The lowest BCUT2D eigenvalue weighted by molar-refractivity contribution is 0.103. The van der Waals surface area contributed by atoms with Gasteiger partial charge in [0.05, 0.1) is 5.02 Å². The van der Waals surface area contributed by atoms with Gasteiger partial charge >= 0.3 is 0 Å². The number of benzene rings is 2. The topological polar surface area (TPSA) is 17.1 Å². The second-order valence-electron chi connectivity index (χ2n) is 4.25. The van der Waals surface area contributed by atoms with Gasteiger partial charge in [-0.25, -0.2) is 4.39 Å². The molecule has 2 rings (SSSR count). The Morgan fingerprint density at radius 2 is 1.83 bits per heavy atom. The molecule has 0 aliphatic heterocycles. The second-order valence-corrected chi connectivity index (χ2v) is 4.63. The first-order valence-electron chi connectivity index (χ1n) is 5.56. The molecule has 0 saturated heterocycles. The van der Waals surface area contributed by atoms with E-state index in [0.717, 1.165) is 11.1 Å². The average Bonchev–Trinajstić information content (AvgIpc) is 2.32. The smallest absolute Gasteiger partial charge is 0.194 e. The van der Waals surface area contributed by atoms with Crippen molar-refractivity contribution in [1.82, 2.24) is 0 Å². The summed E-state index contributed by atoms with van der Waals surface area (Å²) in [6.07, 6.45) is 0. The van der Waals surface area contributed by atoms with E-state index in [2.05, 4.69) is 0 Å². The molecule has 18 heavy (non-hydrogen) atoms. The Bertz CT molecular complexity index is 620. The van der Waals surface area contributed by atoms with Crippen LogP contribution in [0.15, 0.2) is 36.4 Å². The summed E-state index contributed by atoms with van der Waals surface area (Å²) in [6, 6.07) is 9.77. The van der Waals surface area contributed by atoms with Gasteiger partial charge < -0.3 is 0 Å². The SMILES string of the molecule is Cc1ccc(C(=O)c2cccc(F)c2Cl)c(C)c1. The molecule has 1 nitrogen and oxygen atoms in total. The zero-order chi connectivity index (χ0) is 13.3. The molecule has 2 aromatic carbocycles. The second kappa shape index (κ2) is 4.91. The average molecular weight is 263 g/mol. The third-order valence-corrected chi connectivity index (χ3v) is 3.21. The first kappa shape index (κ1) is 12.8. The molecular formula is C15H12ClFO. The molecule has 0 radical (unpaired) electrons. The maximum atomic E-state index is 13.3. The van der Waals surface area contributed by atoms with E-state index in [1.54, 1.807) is 6.07 Å². The van der Waals surface area contributed by atoms with E-state index in [9.17, 15) is 9.18 Å². The molecule has 0 unspecified atom stereocenters. The highest BCUT2D eigenvalue weighted by molar-refractivity contribution is 6.35. The fourth-order valence-corrected chi connectivity index (χ4v) is 2.10. The fourth-order valence-electron chi connectivity index (χ4n) is 1.89. The van der Waals surface area contributed by atoms with Gasteiger partial charge in [0.1, 0.15) is 5.82 Å². The van der Waals surface area contributed by atoms with Crippen LogP contribution in [0.2, 0.25) is 5.02 Å². The standard InChI is InChI=1S/C15H12ClFO/c1-9-6-7-11(10(2)8-9)15(18)12-4-3-5-13(17)14(12)16/h3-8H,1-2H3. The van der Waals surface area contributed by atoms with E-state index in [0.29, 0.717) is 5.56 Å². The molecular weight excluding hydrogens is 251 g/mol. The van der Waals surface area contributed by atoms with Crippen molar-refractivity contribution in [2.75, 3.05) is 0 Å². The van der Waals surface area contributed by atoms with Crippen molar-refractivity contribution in [3.63, 3.8) is 0 Å². The minimum atomic E-state index is -0.577. The van der Waals surface area contributed by atoms with E-state index in [1.165, 1.54) is 18.2 Å². The Hall–Kier alpha value is -1.67. The number of ketones is 1. The van der Waals surface area contributed by atoms with Crippen LogP contribution in [0.5, 0.6) is 0 Å². The first-order chi connectivity index (χ1) is 8.50. The molecule has 2 aromatic rings. The minimum Gasteiger partial charge on any atom is -0.289 e. The van der Waals surface area contributed by atoms with Crippen molar-refractivity contribution in [3.05, 3.63) is 69.5 Å². The van der Waals surface area contributed by atoms with Gasteiger partial charge in [0.25, 0.3) is 0 Å². The number of halogens is 2. The number of aryl methyl sites for hydroxylation is 2. The Labute approximate surface area is 110 Å². The number of rotatable bonds is 2. The molecule has 0 bridgehead atoms. The third-order valence-electron chi connectivity index (χ3n) is 2.82. The van der Waals surface area contributed by atoms with Crippen molar-refractivity contribution >= 4 is 17.4 Å². The molecule has 3 heteroatoms. The lowest BCUT2D eigenvalue weighted by atomic mass is 9.97. The van der Waals surface area contributed by atoms with E-state index < -0.39 is 5.82 Å².